The van der Waals surface area contributed by atoms with Gasteiger partial charge >= 0.3 is 0 Å². The molecule has 0 saturated heterocycles. The Labute approximate surface area is 110 Å². The first kappa shape index (κ1) is 15.1. The molecule has 0 radical (unpaired) electrons. The smallest absolute Gasteiger partial charge is 0.123 e. The minimum Gasteiger partial charge on any atom is -0.310 e. The molecule has 1 unspecified atom stereocenters. The Kier molecular flexibility index (Phi) is 6.91. The summed E-state index contributed by atoms with van der Waals surface area (Å²) in [7, 11) is 4.20. The molecule has 0 aliphatic carbocycles. The summed E-state index contributed by atoms with van der Waals surface area (Å²) in [6.45, 7) is 4.31. The lowest BCUT2D eigenvalue weighted by Crippen LogP contribution is -2.23. The molecule has 0 saturated carbocycles. The minimum atomic E-state index is -0.167. The molecule has 1 rings (SSSR count). The second-order valence-corrected chi connectivity index (χ2v) is 4.98. The van der Waals surface area contributed by atoms with Crippen molar-refractivity contribution < 1.29 is 4.39 Å². The van der Waals surface area contributed by atoms with E-state index in [-0.39, 0.29) is 5.82 Å². The lowest BCUT2D eigenvalue weighted by Gasteiger charge is -2.18. The van der Waals surface area contributed by atoms with Crippen LogP contribution in [0.5, 0.6) is 0 Å². The summed E-state index contributed by atoms with van der Waals surface area (Å²) in [4.78, 5) is 2.21. The SMILES string of the molecule is CCC(NCCCCN(C)C)c1ccc(F)cc1. The Morgan fingerprint density at radius 3 is 2.39 bits per heavy atom. The number of unbranched alkanes of at least 4 members (excludes halogenated alkanes) is 1. The van der Waals surface area contributed by atoms with Gasteiger partial charge in [-0.3, -0.25) is 0 Å². The monoisotopic (exact) mass is 252 g/mol. The van der Waals surface area contributed by atoms with Crippen LogP contribution in [0.3, 0.4) is 0 Å². The summed E-state index contributed by atoms with van der Waals surface area (Å²) in [5, 5.41) is 3.54. The molecular weight excluding hydrogens is 227 g/mol. The van der Waals surface area contributed by atoms with Gasteiger partial charge in [-0.2, -0.15) is 0 Å². The van der Waals surface area contributed by atoms with Gasteiger partial charge in [0.2, 0.25) is 0 Å². The van der Waals surface area contributed by atoms with Crippen LogP contribution in [0, 0.1) is 5.82 Å². The summed E-state index contributed by atoms with van der Waals surface area (Å²) in [5.41, 5.74) is 1.17. The number of rotatable bonds is 8. The van der Waals surface area contributed by atoms with E-state index in [0.29, 0.717) is 6.04 Å². The van der Waals surface area contributed by atoms with Crippen LogP contribution in [0.15, 0.2) is 24.3 Å². The Balaban J connectivity index is 2.31. The molecule has 0 fully saturated rings. The highest BCUT2D eigenvalue weighted by molar-refractivity contribution is 5.19. The molecule has 0 bridgehead atoms. The van der Waals surface area contributed by atoms with E-state index in [4.69, 9.17) is 0 Å². The van der Waals surface area contributed by atoms with E-state index in [1.54, 1.807) is 0 Å². The van der Waals surface area contributed by atoms with Gasteiger partial charge in [-0.25, -0.2) is 4.39 Å². The van der Waals surface area contributed by atoms with Crippen LogP contribution >= 0.6 is 0 Å². The molecule has 0 heterocycles. The summed E-state index contributed by atoms with van der Waals surface area (Å²) in [6.07, 6.45) is 3.41. The van der Waals surface area contributed by atoms with E-state index in [1.165, 1.54) is 30.5 Å². The second kappa shape index (κ2) is 8.22. The van der Waals surface area contributed by atoms with Gasteiger partial charge in [-0.15, -0.1) is 0 Å². The van der Waals surface area contributed by atoms with Crippen molar-refractivity contribution in [1.82, 2.24) is 10.2 Å². The number of nitrogens with one attached hydrogen (secondary N) is 1. The predicted molar refractivity (Wildman–Crippen MR) is 75.2 cm³/mol. The fraction of sp³-hybridized carbons (Fsp3) is 0.600. The fourth-order valence-corrected chi connectivity index (χ4v) is 2.02. The van der Waals surface area contributed by atoms with E-state index < -0.39 is 0 Å². The third kappa shape index (κ3) is 5.61. The van der Waals surface area contributed by atoms with Crippen LogP contribution in [0.25, 0.3) is 0 Å². The molecule has 1 aromatic carbocycles. The van der Waals surface area contributed by atoms with Gasteiger partial charge in [-0.1, -0.05) is 19.1 Å². The Morgan fingerprint density at radius 1 is 1.17 bits per heavy atom. The normalized spacial score (nSPS) is 12.9. The van der Waals surface area contributed by atoms with Crippen molar-refractivity contribution in [2.75, 3.05) is 27.2 Å². The molecule has 102 valence electrons. The number of nitrogens with zero attached hydrogens (tertiary/aromatic N) is 1. The van der Waals surface area contributed by atoms with Crippen molar-refractivity contribution in [3.63, 3.8) is 0 Å². The van der Waals surface area contributed by atoms with Crippen LogP contribution in [-0.2, 0) is 0 Å². The molecule has 3 heteroatoms. The predicted octanol–water partition coefficient (Wildman–Crippen LogP) is 3.21. The zero-order valence-electron chi connectivity index (χ0n) is 11.7. The minimum absolute atomic E-state index is 0.167. The molecule has 0 aliphatic rings. The highest BCUT2D eigenvalue weighted by Gasteiger charge is 2.07. The summed E-state index contributed by atoms with van der Waals surface area (Å²) >= 11 is 0. The van der Waals surface area contributed by atoms with Crippen molar-refractivity contribution in [3.8, 4) is 0 Å². The van der Waals surface area contributed by atoms with Crippen LogP contribution in [0.4, 0.5) is 4.39 Å². The largest absolute Gasteiger partial charge is 0.310 e. The van der Waals surface area contributed by atoms with Gasteiger partial charge in [0.25, 0.3) is 0 Å². The Morgan fingerprint density at radius 2 is 1.83 bits per heavy atom. The van der Waals surface area contributed by atoms with E-state index >= 15 is 0 Å². The third-order valence-electron chi connectivity index (χ3n) is 3.10. The second-order valence-electron chi connectivity index (χ2n) is 4.98. The van der Waals surface area contributed by atoms with E-state index in [1.807, 2.05) is 12.1 Å². The zero-order valence-corrected chi connectivity index (χ0v) is 11.7. The molecule has 1 aromatic rings. The Hall–Kier alpha value is -0.930. The molecule has 0 amide bonds. The zero-order chi connectivity index (χ0) is 13.4. The van der Waals surface area contributed by atoms with E-state index in [2.05, 4.69) is 31.2 Å². The van der Waals surface area contributed by atoms with Crippen LogP contribution in [-0.4, -0.2) is 32.1 Å². The first-order chi connectivity index (χ1) is 8.63. The fourth-order valence-electron chi connectivity index (χ4n) is 2.02. The summed E-state index contributed by atoms with van der Waals surface area (Å²) < 4.78 is 12.9. The van der Waals surface area contributed by atoms with Crippen molar-refractivity contribution >= 4 is 0 Å². The lowest BCUT2D eigenvalue weighted by atomic mass is 10.0. The van der Waals surface area contributed by atoms with Crippen molar-refractivity contribution in [3.05, 3.63) is 35.6 Å². The molecule has 0 aliphatic heterocycles. The highest BCUT2D eigenvalue weighted by atomic mass is 19.1. The van der Waals surface area contributed by atoms with Crippen molar-refractivity contribution in [2.24, 2.45) is 0 Å². The summed E-state index contributed by atoms with van der Waals surface area (Å²) in [6, 6.07) is 7.15. The average molecular weight is 252 g/mol. The number of hydrogen-bond donors (Lipinski definition) is 1. The molecular formula is C15H25FN2. The van der Waals surface area contributed by atoms with Crippen LogP contribution in [0.2, 0.25) is 0 Å². The maximum atomic E-state index is 12.9. The van der Waals surface area contributed by atoms with Crippen molar-refractivity contribution in [2.45, 2.75) is 32.2 Å². The van der Waals surface area contributed by atoms with Gasteiger partial charge in [0.05, 0.1) is 0 Å². The quantitative estimate of drug-likeness (QED) is 0.715. The van der Waals surface area contributed by atoms with Crippen LogP contribution < -0.4 is 5.32 Å². The van der Waals surface area contributed by atoms with Gasteiger partial charge in [0, 0.05) is 6.04 Å². The molecule has 18 heavy (non-hydrogen) atoms. The topological polar surface area (TPSA) is 15.3 Å². The maximum Gasteiger partial charge on any atom is 0.123 e. The summed E-state index contributed by atoms with van der Waals surface area (Å²) in [5.74, 6) is -0.167. The number of benzene rings is 1. The molecule has 0 aromatic heterocycles. The maximum absolute atomic E-state index is 12.9. The number of halogens is 1. The lowest BCUT2D eigenvalue weighted by molar-refractivity contribution is 0.387. The molecule has 2 nitrogen and oxygen atoms in total. The highest BCUT2D eigenvalue weighted by Crippen LogP contribution is 2.16. The Bertz CT molecular complexity index is 322. The molecule has 1 atom stereocenters. The average Bonchev–Trinajstić information content (AvgIpc) is 2.35. The first-order valence-electron chi connectivity index (χ1n) is 6.77. The number of hydrogen-bond acceptors (Lipinski definition) is 2. The molecule has 1 N–H and O–H groups in total. The van der Waals surface area contributed by atoms with E-state index in [9.17, 15) is 4.39 Å². The van der Waals surface area contributed by atoms with E-state index in [0.717, 1.165) is 19.5 Å². The first-order valence-corrected chi connectivity index (χ1v) is 6.77. The third-order valence-corrected chi connectivity index (χ3v) is 3.10. The van der Waals surface area contributed by atoms with Gasteiger partial charge in [0.1, 0.15) is 5.82 Å². The molecule has 0 spiro atoms. The van der Waals surface area contributed by atoms with Gasteiger partial charge in [-0.05, 0) is 64.1 Å². The van der Waals surface area contributed by atoms with Crippen LogP contribution in [0.1, 0.15) is 37.8 Å². The van der Waals surface area contributed by atoms with Crippen molar-refractivity contribution in [1.29, 1.82) is 0 Å². The standard InChI is InChI=1S/C15H25FN2/c1-4-15(13-7-9-14(16)10-8-13)17-11-5-6-12-18(2)3/h7-10,15,17H,4-6,11-12H2,1-3H3. The van der Waals surface area contributed by atoms with Gasteiger partial charge < -0.3 is 10.2 Å². The van der Waals surface area contributed by atoms with Gasteiger partial charge in [0.15, 0.2) is 0 Å².